The zero-order valence-corrected chi connectivity index (χ0v) is 11.1. The van der Waals surface area contributed by atoms with Crippen molar-refractivity contribution in [1.29, 1.82) is 0 Å². The zero-order chi connectivity index (χ0) is 13.4. The SMILES string of the molecule is Cc1nc(N)nc2c1ccc(=O)n2C1CCCCC1. The van der Waals surface area contributed by atoms with Crippen LogP contribution in [0.25, 0.3) is 11.0 Å². The van der Waals surface area contributed by atoms with Crippen molar-refractivity contribution in [1.82, 2.24) is 14.5 Å². The predicted molar refractivity (Wildman–Crippen MR) is 75.1 cm³/mol. The third-order valence-electron chi connectivity index (χ3n) is 3.93. The third-order valence-corrected chi connectivity index (χ3v) is 3.93. The van der Waals surface area contributed by atoms with Crippen LogP contribution in [-0.4, -0.2) is 14.5 Å². The van der Waals surface area contributed by atoms with Crippen LogP contribution in [0.5, 0.6) is 0 Å². The van der Waals surface area contributed by atoms with Crippen molar-refractivity contribution < 1.29 is 0 Å². The van der Waals surface area contributed by atoms with Gasteiger partial charge in [-0.1, -0.05) is 19.3 Å². The molecule has 0 unspecified atom stereocenters. The van der Waals surface area contributed by atoms with Gasteiger partial charge >= 0.3 is 0 Å². The van der Waals surface area contributed by atoms with Crippen LogP contribution < -0.4 is 11.3 Å². The van der Waals surface area contributed by atoms with E-state index in [9.17, 15) is 4.79 Å². The number of aryl methyl sites for hydroxylation is 1. The zero-order valence-electron chi connectivity index (χ0n) is 11.1. The molecule has 2 heterocycles. The molecule has 100 valence electrons. The number of anilines is 1. The Morgan fingerprint density at radius 2 is 1.95 bits per heavy atom. The molecule has 0 bridgehead atoms. The molecule has 1 aliphatic carbocycles. The van der Waals surface area contributed by atoms with Crippen LogP contribution in [-0.2, 0) is 0 Å². The quantitative estimate of drug-likeness (QED) is 0.850. The van der Waals surface area contributed by atoms with Crippen LogP contribution in [0.2, 0.25) is 0 Å². The molecule has 5 nitrogen and oxygen atoms in total. The van der Waals surface area contributed by atoms with Crippen molar-refractivity contribution in [2.45, 2.75) is 45.1 Å². The highest BCUT2D eigenvalue weighted by Gasteiger charge is 2.19. The first-order chi connectivity index (χ1) is 9.16. The van der Waals surface area contributed by atoms with Gasteiger partial charge in [-0.2, -0.15) is 4.98 Å². The summed E-state index contributed by atoms with van der Waals surface area (Å²) in [6, 6.07) is 3.66. The van der Waals surface area contributed by atoms with E-state index >= 15 is 0 Å². The van der Waals surface area contributed by atoms with Gasteiger partial charge in [0.2, 0.25) is 5.95 Å². The Morgan fingerprint density at radius 1 is 1.21 bits per heavy atom. The molecule has 5 heteroatoms. The van der Waals surface area contributed by atoms with Crippen molar-refractivity contribution in [2.75, 3.05) is 5.73 Å². The van der Waals surface area contributed by atoms with Crippen LogP contribution in [0.3, 0.4) is 0 Å². The van der Waals surface area contributed by atoms with E-state index in [0.29, 0.717) is 5.65 Å². The van der Waals surface area contributed by atoms with Gasteiger partial charge in [-0.15, -0.1) is 0 Å². The molecule has 2 aromatic heterocycles. The fourth-order valence-electron chi connectivity index (χ4n) is 3.00. The topological polar surface area (TPSA) is 73.8 Å². The normalized spacial score (nSPS) is 16.9. The van der Waals surface area contributed by atoms with Crippen LogP contribution in [0.15, 0.2) is 16.9 Å². The van der Waals surface area contributed by atoms with Gasteiger partial charge in [-0.25, -0.2) is 4.98 Å². The molecule has 0 amide bonds. The molecule has 1 aliphatic rings. The van der Waals surface area contributed by atoms with E-state index in [1.807, 2.05) is 11.5 Å². The minimum atomic E-state index is 0.0110. The van der Waals surface area contributed by atoms with E-state index in [-0.39, 0.29) is 17.5 Å². The van der Waals surface area contributed by atoms with E-state index in [2.05, 4.69) is 9.97 Å². The maximum Gasteiger partial charge on any atom is 0.252 e. The van der Waals surface area contributed by atoms with Crippen LogP contribution >= 0.6 is 0 Å². The van der Waals surface area contributed by atoms with Gasteiger partial charge in [0.1, 0.15) is 5.65 Å². The summed E-state index contributed by atoms with van der Waals surface area (Å²) in [5.41, 5.74) is 7.26. The van der Waals surface area contributed by atoms with Crippen molar-refractivity contribution >= 4 is 17.0 Å². The number of hydrogen-bond acceptors (Lipinski definition) is 4. The lowest BCUT2D eigenvalue weighted by Crippen LogP contribution is -2.27. The van der Waals surface area contributed by atoms with Crippen LogP contribution in [0.4, 0.5) is 5.95 Å². The highest BCUT2D eigenvalue weighted by atomic mass is 16.1. The lowest BCUT2D eigenvalue weighted by Gasteiger charge is -2.25. The number of rotatable bonds is 1. The average Bonchev–Trinajstić information content (AvgIpc) is 2.39. The number of aromatic nitrogens is 3. The van der Waals surface area contributed by atoms with Gasteiger partial charge in [0.15, 0.2) is 0 Å². The Balaban J connectivity index is 2.26. The molecule has 0 saturated heterocycles. The van der Waals surface area contributed by atoms with Gasteiger partial charge in [0, 0.05) is 17.5 Å². The maximum atomic E-state index is 12.2. The van der Waals surface area contributed by atoms with Crippen molar-refractivity contribution in [3.8, 4) is 0 Å². The smallest absolute Gasteiger partial charge is 0.252 e. The molecule has 0 spiro atoms. The number of pyridine rings is 1. The summed E-state index contributed by atoms with van der Waals surface area (Å²) in [7, 11) is 0. The summed E-state index contributed by atoms with van der Waals surface area (Å²) in [4.78, 5) is 20.7. The Kier molecular flexibility index (Phi) is 2.97. The van der Waals surface area contributed by atoms with Crippen molar-refractivity contribution in [3.63, 3.8) is 0 Å². The van der Waals surface area contributed by atoms with Gasteiger partial charge in [0.25, 0.3) is 5.56 Å². The maximum absolute atomic E-state index is 12.2. The second kappa shape index (κ2) is 4.64. The second-order valence-corrected chi connectivity index (χ2v) is 5.24. The molecule has 2 N–H and O–H groups in total. The molecule has 0 aromatic carbocycles. The molecular formula is C14H18N4O. The number of nitrogens with zero attached hydrogens (tertiary/aromatic N) is 3. The van der Waals surface area contributed by atoms with Crippen molar-refractivity contribution in [3.05, 3.63) is 28.2 Å². The third kappa shape index (κ3) is 2.09. The molecule has 0 atom stereocenters. The minimum Gasteiger partial charge on any atom is -0.368 e. The molecular weight excluding hydrogens is 240 g/mol. The Morgan fingerprint density at radius 3 is 2.68 bits per heavy atom. The summed E-state index contributed by atoms with van der Waals surface area (Å²) in [6.45, 7) is 1.90. The number of nitrogen functional groups attached to an aromatic ring is 1. The monoisotopic (exact) mass is 258 g/mol. The van der Waals surface area contributed by atoms with E-state index < -0.39 is 0 Å². The fraction of sp³-hybridized carbons (Fsp3) is 0.500. The highest BCUT2D eigenvalue weighted by Crippen LogP contribution is 2.29. The van der Waals surface area contributed by atoms with Crippen LogP contribution in [0, 0.1) is 6.92 Å². The summed E-state index contributed by atoms with van der Waals surface area (Å²) < 4.78 is 1.82. The summed E-state index contributed by atoms with van der Waals surface area (Å²) in [6.07, 6.45) is 5.69. The molecule has 1 saturated carbocycles. The molecule has 1 fully saturated rings. The summed E-state index contributed by atoms with van der Waals surface area (Å²) in [5, 5.41) is 0.916. The van der Waals surface area contributed by atoms with Gasteiger partial charge in [-0.05, 0) is 25.8 Å². The van der Waals surface area contributed by atoms with Gasteiger partial charge in [0.05, 0.1) is 5.69 Å². The summed E-state index contributed by atoms with van der Waals surface area (Å²) >= 11 is 0. The van der Waals surface area contributed by atoms with Crippen molar-refractivity contribution in [2.24, 2.45) is 0 Å². The molecule has 2 aromatic rings. The van der Waals surface area contributed by atoms with Gasteiger partial charge < -0.3 is 5.73 Å². The fourth-order valence-corrected chi connectivity index (χ4v) is 3.00. The number of fused-ring (bicyclic) bond motifs is 1. The average molecular weight is 258 g/mol. The predicted octanol–water partition coefficient (Wildman–Crippen LogP) is 2.19. The Hall–Kier alpha value is -1.91. The first-order valence-corrected chi connectivity index (χ1v) is 6.82. The van der Waals surface area contributed by atoms with E-state index in [0.717, 1.165) is 23.9 Å². The molecule has 0 radical (unpaired) electrons. The minimum absolute atomic E-state index is 0.0110. The van der Waals surface area contributed by atoms with Gasteiger partial charge in [-0.3, -0.25) is 9.36 Å². The number of hydrogen-bond donors (Lipinski definition) is 1. The molecule has 19 heavy (non-hydrogen) atoms. The van der Waals surface area contributed by atoms with E-state index in [4.69, 9.17) is 5.73 Å². The first-order valence-electron chi connectivity index (χ1n) is 6.82. The molecule has 0 aliphatic heterocycles. The Labute approximate surface area is 111 Å². The first kappa shape index (κ1) is 12.1. The summed E-state index contributed by atoms with van der Waals surface area (Å²) in [5.74, 6) is 0.236. The lowest BCUT2D eigenvalue weighted by molar-refractivity contribution is 0.353. The molecule has 3 rings (SSSR count). The largest absolute Gasteiger partial charge is 0.368 e. The van der Waals surface area contributed by atoms with E-state index in [1.165, 1.54) is 19.3 Å². The highest BCUT2D eigenvalue weighted by molar-refractivity contribution is 5.78. The van der Waals surface area contributed by atoms with Crippen LogP contribution in [0.1, 0.15) is 43.8 Å². The lowest BCUT2D eigenvalue weighted by atomic mass is 9.95. The Bertz CT molecular complexity index is 671. The number of nitrogens with two attached hydrogens (primary N) is 1. The van der Waals surface area contributed by atoms with E-state index in [1.54, 1.807) is 12.1 Å². The standard InChI is InChI=1S/C14H18N4O/c1-9-11-7-8-12(19)18(10-5-3-2-4-6-10)13(11)17-14(15)16-9/h7-8,10H,2-6H2,1H3,(H2,15,16,17). The second-order valence-electron chi connectivity index (χ2n) is 5.24.